The lowest BCUT2D eigenvalue weighted by Crippen LogP contribution is -2.43. The van der Waals surface area contributed by atoms with Gasteiger partial charge in [-0.1, -0.05) is 12.5 Å². The van der Waals surface area contributed by atoms with Gasteiger partial charge >= 0.3 is 0 Å². The molecule has 1 N–H and O–H groups in total. The monoisotopic (exact) mass is 370 g/mol. The van der Waals surface area contributed by atoms with E-state index in [4.69, 9.17) is 0 Å². The summed E-state index contributed by atoms with van der Waals surface area (Å²) in [7, 11) is 0. The topological polar surface area (TPSA) is 67.2 Å². The highest BCUT2D eigenvalue weighted by Gasteiger charge is 2.31. The van der Waals surface area contributed by atoms with Crippen LogP contribution in [0.5, 0.6) is 0 Å². The molecule has 2 aromatic rings. The van der Waals surface area contributed by atoms with E-state index in [-0.39, 0.29) is 24.3 Å². The van der Waals surface area contributed by atoms with Crippen LogP contribution in [0.15, 0.2) is 24.3 Å². The Morgan fingerprint density at radius 1 is 1.26 bits per heavy atom. The van der Waals surface area contributed by atoms with Gasteiger partial charge in [-0.3, -0.25) is 14.3 Å². The summed E-state index contributed by atoms with van der Waals surface area (Å²) >= 11 is 0. The van der Waals surface area contributed by atoms with E-state index in [1.165, 1.54) is 12.1 Å². The Labute approximate surface area is 157 Å². The molecular weight excluding hydrogens is 347 g/mol. The molecule has 27 heavy (non-hydrogen) atoms. The maximum Gasteiger partial charge on any atom is 0.251 e. The highest BCUT2D eigenvalue weighted by molar-refractivity contribution is 5.95. The molecule has 0 saturated heterocycles. The SMILES string of the molecule is Cc1ccc(F)cc1C(=O)NCc1cc2n(n1)CCN(C(=O)C1CCC1)C2. The lowest BCUT2D eigenvalue weighted by molar-refractivity contribution is -0.139. The van der Waals surface area contributed by atoms with Gasteiger partial charge in [-0.15, -0.1) is 0 Å². The minimum absolute atomic E-state index is 0.202. The second-order valence-electron chi connectivity index (χ2n) is 7.38. The molecule has 1 fully saturated rings. The van der Waals surface area contributed by atoms with Crippen molar-refractivity contribution in [2.75, 3.05) is 6.54 Å². The largest absolute Gasteiger partial charge is 0.346 e. The summed E-state index contributed by atoms with van der Waals surface area (Å²) in [5, 5.41) is 7.32. The molecule has 0 atom stereocenters. The van der Waals surface area contributed by atoms with Crippen molar-refractivity contribution >= 4 is 11.8 Å². The first-order valence-electron chi connectivity index (χ1n) is 9.40. The number of nitrogens with zero attached hydrogens (tertiary/aromatic N) is 3. The van der Waals surface area contributed by atoms with Crippen LogP contribution in [0.2, 0.25) is 0 Å². The van der Waals surface area contributed by atoms with Crippen molar-refractivity contribution in [1.29, 1.82) is 0 Å². The third kappa shape index (κ3) is 3.59. The second kappa shape index (κ2) is 7.13. The number of benzene rings is 1. The lowest BCUT2D eigenvalue weighted by atomic mass is 9.84. The van der Waals surface area contributed by atoms with E-state index in [0.717, 1.165) is 36.2 Å². The summed E-state index contributed by atoms with van der Waals surface area (Å²) < 4.78 is 15.3. The molecule has 142 valence electrons. The summed E-state index contributed by atoms with van der Waals surface area (Å²) in [6.45, 7) is 3.96. The normalized spacial score (nSPS) is 16.6. The summed E-state index contributed by atoms with van der Waals surface area (Å²) in [6.07, 6.45) is 3.16. The molecule has 1 aliphatic heterocycles. The quantitative estimate of drug-likeness (QED) is 0.899. The molecule has 0 unspecified atom stereocenters. The van der Waals surface area contributed by atoms with Crippen molar-refractivity contribution in [3.05, 3.63) is 52.6 Å². The third-order valence-electron chi connectivity index (χ3n) is 5.49. The fourth-order valence-electron chi connectivity index (χ4n) is 3.62. The molecule has 4 rings (SSSR count). The molecule has 0 bridgehead atoms. The minimum Gasteiger partial charge on any atom is -0.346 e. The van der Waals surface area contributed by atoms with Crippen LogP contribution in [0, 0.1) is 18.7 Å². The van der Waals surface area contributed by atoms with E-state index >= 15 is 0 Å². The van der Waals surface area contributed by atoms with E-state index in [1.807, 2.05) is 15.6 Å². The number of rotatable bonds is 4. The highest BCUT2D eigenvalue weighted by atomic mass is 19.1. The van der Waals surface area contributed by atoms with E-state index < -0.39 is 5.82 Å². The van der Waals surface area contributed by atoms with Crippen molar-refractivity contribution in [2.45, 2.75) is 45.8 Å². The van der Waals surface area contributed by atoms with Crippen molar-refractivity contribution in [3.63, 3.8) is 0 Å². The minimum atomic E-state index is -0.431. The van der Waals surface area contributed by atoms with Gasteiger partial charge in [0.25, 0.3) is 5.91 Å². The average Bonchev–Trinajstić information content (AvgIpc) is 3.02. The van der Waals surface area contributed by atoms with Gasteiger partial charge in [0.1, 0.15) is 5.82 Å². The van der Waals surface area contributed by atoms with Crippen LogP contribution in [0.1, 0.15) is 46.6 Å². The third-order valence-corrected chi connectivity index (χ3v) is 5.49. The Morgan fingerprint density at radius 3 is 2.81 bits per heavy atom. The molecule has 6 nitrogen and oxygen atoms in total. The maximum atomic E-state index is 13.4. The smallest absolute Gasteiger partial charge is 0.251 e. The molecule has 1 aliphatic carbocycles. The van der Waals surface area contributed by atoms with Gasteiger partial charge in [-0.25, -0.2) is 4.39 Å². The van der Waals surface area contributed by atoms with E-state index in [1.54, 1.807) is 13.0 Å². The molecule has 7 heteroatoms. The van der Waals surface area contributed by atoms with Gasteiger partial charge in [0, 0.05) is 18.0 Å². The van der Waals surface area contributed by atoms with Crippen molar-refractivity contribution in [3.8, 4) is 0 Å². The van der Waals surface area contributed by atoms with Crippen LogP contribution in [-0.2, 0) is 24.4 Å². The molecule has 1 aromatic heterocycles. The molecule has 2 aliphatic rings. The fraction of sp³-hybridized carbons (Fsp3) is 0.450. The predicted molar refractivity (Wildman–Crippen MR) is 97.3 cm³/mol. The van der Waals surface area contributed by atoms with Crippen molar-refractivity contribution in [1.82, 2.24) is 20.0 Å². The number of amides is 2. The number of carbonyl (C=O) groups is 2. The Morgan fingerprint density at radius 2 is 2.07 bits per heavy atom. The van der Waals surface area contributed by atoms with E-state index in [2.05, 4.69) is 10.4 Å². The fourth-order valence-corrected chi connectivity index (χ4v) is 3.62. The Kier molecular flexibility index (Phi) is 4.68. The van der Waals surface area contributed by atoms with E-state index in [0.29, 0.717) is 25.2 Å². The number of aromatic nitrogens is 2. The first-order chi connectivity index (χ1) is 13.0. The van der Waals surface area contributed by atoms with E-state index in [9.17, 15) is 14.0 Å². The standard InChI is InChI=1S/C20H23FN4O2/c1-13-5-6-15(21)9-18(13)19(26)22-11-16-10-17-12-24(7-8-25(17)23-16)20(27)14-3-2-4-14/h5-6,9-10,14H,2-4,7-8,11-12H2,1H3,(H,22,26). The zero-order valence-electron chi connectivity index (χ0n) is 15.4. The molecule has 1 aromatic carbocycles. The summed E-state index contributed by atoms with van der Waals surface area (Å²) in [6, 6.07) is 6.10. The zero-order valence-corrected chi connectivity index (χ0v) is 15.4. The first-order valence-corrected chi connectivity index (χ1v) is 9.40. The van der Waals surface area contributed by atoms with Crippen LogP contribution in [0.4, 0.5) is 4.39 Å². The number of carbonyl (C=O) groups excluding carboxylic acids is 2. The molecule has 0 spiro atoms. The average molecular weight is 370 g/mol. The summed E-state index contributed by atoms with van der Waals surface area (Å²) in [5.41, 5.74) is 2.78. The van der Waals surface area contributed by atoms with Gasteiger partial charge < -0.3 is 10.2 Å². The van der Waals surface area contributed by atoms with Crippen molar-refractivity contribution < 1.29 is 14.0 Å². The second-order valence-corrected chi connectivity index (χ2v) is 7.38. The summed E-state index contributed by atoms with van der Waals surface area (Å²) in [4.78, 5) is 26.7. The van der Waals surface area contributed by atoms with Gasteiger partial charge in [-0.05, 0) is 43.5 Å². The van der Waals surface area contributed by atoms with Crippen LogP contribution in [0.3, 0.4) is 0 Å². The van der Waals surface area contributed by atoms with Crippen molar-refractivity contribution in [2.24, 2.45) is 5.92 Å². The van der Waals surface area contributed by atoms with Gasteiger partial charge in [0.15, 0.2) is 0 Å². The summed E-state index contributed by atoms with van der Waals surface area (Å²) in [5.74, 6) is -0.294. The first kappa shape index (κ1) is 17.7. The molecular formula is C20H23FN4O2. The van der Waals surface area contributed by atoms with Gasteiger partial charge in [0.2, 0.25) is 5.91 Å². The van der Waals surface area contributed by atoms with Gasteiger partial charge in [0.05, 0.1) is 31.0 Å². The predicted octanol–water partition coefficient (Wildman–Crippen LogP) is 2.40. The van der Waals surface area contributed by atoms with Crippen LogP contribution in [0.25, 0.3) is 0 Å². The molecule has 0 radical (unpaired) electrons. The number of hydrogen-bond donors (Lipinski definition) is 1. The number of aryl methyl sites for hydroxylation is 1. The Bertz CT molecular complexity index is 888. The molecule has 1 saturated carbocycles. The number of fused-ring (bicyclic) bond motifs is 1. The van der Waals surface area contributed by atoms with Crippen LogP contribution in [-0.4, -0.2) is 33.0 Å². The number of halogens is 1. The number of nitrogens with one attached hydrogen (secondary N) is 1. The lowest BCUT2D eigenvalue weighted by Gasteiger charge is -2.34. The highest BCUT2D eigenvalue weighted by Crippen LogP contribution is 2.29. The molecule has 2 amide bonds. The molecule has 2 heterocycles. The van der Waals surface area contributed by atoms with Crippen LogP contribution < -0.4 is 5.32 Å². The number of hydrogen-bond acceptors (Lipinski definition) is 3. The maximum absolute atomic E-state index is 13.4. The van der Waals surface area contributed by atoms with Gasteiger partial charge in [-0.2, -0.15) is 5.10 Å². The Hall–Kier alpha value is -2.70. The zero-order chi connectivity index (χ0) is 19.0. The Balaban J connectivity index is 1.39. The van der Waals surface area contributed by atoms with Crippen LogP contribution >= 0.6 is 0 Å².